The molecule has 0 fully saturated rings. The van der Waals surface area contributed by atoms with Gasteiger partial charge in [0.15, 0.2) is 0 Å². The monoisotopic (exact) mass is 272 g/mol. The molecule has 0 bridgehead atoms. The molecule has 0 saturated heterocycles. The minimum Gasteiger partial charge on any atom is -0.306 e. The molecule has 2 rings (SSSR count). The summed E-state index contributed by atoms with van der Waals surface area (Å²) in [6.07, 6.45) is 3.55. The number of nitrogens with two attached hydrogens (primary N) is 1. The van der Waals surface area contributed by atoms with Crippen LogP contribution >= 0.6 is 8.07 Å². The van der Waals surface area contributed by atoms with Crippen molar-refractivity contribution in [1.29, 1.82) is 0 Å². The first-order valence-corrected chi connectivity index (χ1v) is 7.58. The van der Waals surface area contributed by atoms with Gasteiger partial charge >= 0.3 is 0 Å². The minimum absolute atomic E-state index is 0.0850. The van der Waals surface area contributed by atoms with Gasteiger partial charge in [0, 0.05) is 18.6 Å². The molecule has 1 aliphatic carbocycles. The topological polar surface area (TPSA) is 69.2 Å². The molecule has 5 heteroatoms. The molecule has 2 N–H and O–H groups in total. The number of allylic oxidation sites excluding steroid dienone is 3. The van der Waals surface area contributed by atoms with Gasteiger partial charge in [-0.15, -0.1) is 0 Å². The largest absolute Gasteiger partial charge is 0.306 e. The average Bonchev–Trinajstić information content (AvgIpc) is 2.64. The summed E-state index contributed by atoms with van der Waals surface area (Å²) in [6.45, 7) is 1.92. The standard InChI is InChI=1S/C14H13N2O2P/c1-19(15)14-10-6-5-8-12(14)11-7-3-2-4-9-13(11)16(17)18/h5-10H,4,15H2,1H3. The van der Waals surface area contributed by atoms with Crippen molar-refractivity contribution in [2.45, 2.75) is 6.42 Å². The number of rotatable bonds is 3. The summed E-state index contributed by atoms with van der Waals surface area (Å²) in [7, 11) is -0.827. The zero-order valence-corrected chi connectivity index (χ0v) is 11.4. The van der Waals surface area contributed by atoms with Crippen LogP contribution in [0.25, 0.3) is 5.57 Å². The van der Waals surface area contributed by atoms with Crippen molar-refractivity contribution in [2.75, 3.05) is 6.66 Å². The van der Waals surface area contributed by atoms with Gasteiger partial charge in [-0.25, -0.2) is 0 Å². The minimum atomic E-state index is -0.827. The van der Waals surface area contributed by atoms with Gasteiger partial charge in [0.25, 0.3) is 5.70 Å². The van der Waals surface area contributed by atoms with Gasteiger partial charge < -0.3 is 5.50 Å². The smallest absolute Gasteiger partial charge is 0.274 e. The first-order chi connectivity index (χ1) is 9.11. The summed E-state index contributed by atoms with van der Waals surface area (Å²) in [5.74, 6) is 5.69. The summed E-state index contributed by atoms with van der Waals surface area (Å²) in [4.78, 5) is 10.8. The lowest BCUT2D eigenvalue weighted by molar-refractivity contribution is -0.417. The van der Waals surface area contributed by atoms with E-state index in [2.05, 4.69) is 11.8 Å². The Balaban J connectivity index is 2.60. The molecule has 0 spiro atoms. The van der Waals surface area contributed by atoms with Crippen molar-refractivity contribution < 1.29 is 4.92 Å². The summed E-state index contributed by atoms with van der Waals surface area (Å²) >= 11 is 0. The third kappa shape index (κ3) is 2.90. The maximum Gasteiger partial charge on any atom is 0.274 e. The fourth-order valence-electron chi connectivity index (χ4n) is 1.91. The third-order valence-electron chi connectivity index (χ3n) is 2.76. The zero-order valence-electron chi connectivity index (χ0n) is 10.5. The highest BCUT2D eigenvalue weighted by Gasteiger charge is 2.22. The van der Waals surface area contributed by atoms with Crippen molar-refractivity contribution in [3.8, 4) is 11.8 Å². The summed E-state index contributed by atoms with van der Waals surface area (Å²) in [6, 6.07) is 7.52. The van der Waals surface area contributed by atoms with E-state index in [0.717, 1.165) is 10.9 Å². The van der Waals surface area contributed by atoms with Crippen LogP contribution in [-0.2, 0) is 0 Å². The second kappa shape index (κ2) is 5.79. The highest BCUT2D eigenvalue weighted by atomic mass is 31.1. The van der Waals surface area contributed by atoms with Crippen LogP contribution in [0, 0.1) is 22.0 Å². The highest BCUT2D eigenvalue weighted by molar-refractivity contribution is 7.62. The van der Waals surface area contributed by atoms with Gasteiger partial charge in [0.1, 0.15) is 0 Å². The van der Waals surface area contributed by atoms with Gasteiger partial charge in [0.2, 0.25) is 0 Å². The molecule has 0 amide bonds. The Morgan fingerprint density at radius 2 is 2.16 bits per heavy atom. The van der Waals surface area contributed by atoms with E-state index < -0.39 is 8.07 Å². The molecule has 4 nitrogen and oxygen atoms in total. The molecule has 1 atom stereocenters. The maximum atomic E-state index is 11.2. The van der Waals surface area contributed by atoms with E-state index in [1.54, 1.807) is 12.2 Å². The second-order valence-electron chi connectivity index (χ2n) is 4.06. The average molecular weight is 272 g/mol. The molecule has 0 saturated carbocycles. The fourth-order valence-corrected chi connectivity index (χ4v) is 2.81. The second-order valence-corrected chi connectivity index (χ2v) is 5.76. The first kappa shape index (κ1) is 13.5. The van der Waals surface area contributed by atoms with Gasteiger partial charge in [-0.3, -0.25) is 10.1 Å². The molecule has 19 heavy (non-hydrogen) atoms. The van der Waals surface area contributed by atoms with Crippen LogP contribution < -0.4 is 10.8 Å². The maximum absolute atomic E-state index is 11.2. The zero-order chi connectivity index (χ0) is 13.8. The fraction of sp³-hybridized carbons (Fsp3) is 0.143. The van der Waals surface area contributed by atoms with Crippen molar-refractivity contribution in [1.82, 2.24) is 0 Å². The summed E-state index contributed by atoms with van der Waals surface area (Å²) in [5.41, 5.74) is 7.43. The summed E-state index contributed by atoms with van der Waals surface area (Å²) in [5, 5.41) is 12.1. The van der Waals surface area contributed by atoms with Crippen molar-refractivity contribution in [3.63, 3.8) is 0 Å². The van der Waals surface area contributed by atoms with Crippen LogP contribution in [-0.4, -0.2) is 11.6 Å². The molecular weight excluding hydrogens is 259 g/mol. The Bertz CT molecular complexity index is 636. The lowest BCUT2D eigenvalue weighted by Crippen LogP contribution is -2.14. The Hall–Kier alpha value is -1.95. The van der Waals surface area contributed by atoms with Crippen molar-refractivity contribution >= 4 is 18.9 Å². The van der Waals surface area contributed by atoms with Crippen LogP contribution in [0.1, 0.15) is 12.0 Å². The SMILES string of the molecule is CP(N)c1ccccc1C1=CC#CCC=C1[N+](=O)[O-]. The van der Waals surface area contributed by atoms with Crippen LogP contribution in [0.5, 0.6) is 0 Å². The predicted octanol–water partition coefficient (Wildman–Crippen LogP) is 2.25. The van der Waals surface area contributed by atoms with Gasteiger partial charge in [-0.2, -0.15) is 0 Å². The highest BCUT2D eigenvalue weighted by Crippen LogP contribution is 2.29. The Morgan fingerprint density at radius 3 is 2.84 bits per heavy atom. The van der Waals surface area contributed by atoms with E-state index in [0.29, 0.717) is 12.0 Å². The molecule has 96 valence electrons. The number of nitrogens with zero attached hydrogens (tertiary/aromatic N) is 1. The van der Waals surface area contributed by atoms with E-state index in [-0.39, 0.29) is 10.6 Å². The molecule has 1 aromatic carbocycles. The van der Waals surface area contributed by atoms with Crippen LogP contribution in [0.4, 0.5) is 0 Å². The van der Waals surface area contributed by atoms with E-state index in [1.807, 2.05) is 30.9 Å². The molecule has 0 radical (unpaired) electrons. The van der Waals surface area contributed by atoms with Crippen LogP contribution in [0.2, 0.25) is 0 Å². The quantitative estimate of drug-likeness (QED) is 0.397. The number of benzene rings is 1. The molecular formula is C14H13N2O2P. The third-order valence-corrected chi connectivity index (χ3v) is 3.91. The lowest BCUT2D eigenvalue weighted by atomic mass is 10.0. The van der Waals surface area contributed by atoms with Gasteiger partial charge in [-0.1, -0.05) is 36.1 Å². The molecule has 1 unspecified atom stereocenters. The van der Waals surface area contributed by atoms with E-state index in [4.69, 9.17) is 5.50 Å². The van der Waals surface area contributed by atoms with Gasteiger partial charge in [0.05, 0.1) is 10.5 Å². The molecule has 0 heterocycles. The number of nitro groups is 1. The van der Waals surface area contributed by atoms with Crippen molar-refractivity contribution in [3.05, 3.63) is 57.8 Å². The predicted molar refractivity (Wildman–Crippen MR) is 78.6 cm³/mol. The Labute approximate surface area is 113 Å². The first-order valence-electron chi connectivity index (χ1n) is 5.72. The normalized spacial score (nSPS) is 15.5. The van der Waals surface area contributed by atoms with Gasteiger partial charge in [-0.05, 0) is 25.6 Å². The van der Waals surface area contributed by atoms with Crippen LogP contribution in [0.3, 0.4) is 0 Å². The Kier molecular flexibility index (Phi) is 4.11. The lowest BCUT2D eigenvalue weighted by Gasteiger charge is -2.13. The molecule has 0 aromatic heterocycles. The van der Waals surface area contributed by atoms with Crippen molar-refractivity contribution in [2.24, 2.45) is 5.50 Å². The molecule has 1 aromatic rings. The Morgan fingerprint density at radius 1 is 1.42 bits per heavy atom. The van der Waals surface area contributed by atoms with E-state index in [9.17, 15) is 10.1 Å². The number of hydrogen-bond donors (Lipinski definition) is 1. The molecule has 0 aliphatic heterocycles. The molecule has 1 aliphatic rings. The van der Waals surface area contributed by atoms with E-state index >= 15 is 0 Å². The van der Waals surface area contributed by atoms with E-state index in [1.165, 1.54) is 0 Å². The van der Waals surface area contributed by atoms with Crippen LogP contribution in [0.15, 0.2) is 42.1 Å². The summed E-state index contributed by atoms with van der Waals surface area (Å²) < 4.78 is 0. The number of hydrogen-bond acceptors (Lipinski definition) is 3.